The summed E-state index contributed by atoms with van der Waals surface area (Å²) < 4.78 is 9.91. The van der Waals surface area contributed by atoms with E-state index in [0.717, 1.165) is 0 Å². The highest BCUT2D eigenvalue weighted by molar-refractivity contribution is 5.75. The highest BCUT2D eigenvalue weighted by Gasteiger charge is 2.12. The number of aliphatic hydroxyl groups is 1. The zero-order valence-electron chi connectivity index (χ0n) is 8.73. The van der Waals surface area contributed by atoms with E-state index in [1.807, 2.05) is 13.8 Å². The Morgan fingerprint density at radius 3 is 2.57 bits per heavy atom. The zero-order chi connectivity index (χ0) is 11.0. The average Bonchev–Trinajstić information content (AvgIpc) is 2.15. The molecular weight excluding hydrogens is 186 g/mol. The molecule has 0 rings (SSSR count). The molecule has 0 aliphatic heterocycles. The van der Waals surface area contributed by atoms with Crippen LogP contribution in [-0.2, 0) is 14.3 Å². The average molecular weight is 205 g/mol. The van der Waals surface area contributed by atoms with Gasteiger partial charge in [-0.05, 0) is 5.92 Å². The minimum absolute atomic E-state index is 0.180. The minimum Gasteiger partial charge on any atom is -0.462 e. The predicted octanol–water partition coefficient (Wildman–Crippen LogP) is -0.478. The molecule has 0 bridgehead atoms. The summed E-state index contributed by atoms with van der Waals surface area (Å²) in [4.78, 5) is 10.9. The van der Waals surface area contributed by atoms with Gasteiger partial charge in [0.05, 0.1) is 13.2 Å². The van der Waals surface area contributed by atoms with Crippen molar-refractivity contribution in [2.75, 3.05) is 26.4 Å². The number of carbonyl (C=O) groups excluding carboxylic acids is 1. The van der Waals surface area contributed by atoms with E-state index in [-0.39, 0.29) is 6.61 Å². The van der Waals surface area contributed by atoms with Crippen LogP contribution in [-0.4, -0.2) is 43.5 Å². The summed E-state index contributed by atoms with van der Waals surface area (Å²) >= 11 is 0. The van der Waals surface area contributed by atoms with Gasteiger partial charge in [0.1, 0.15) is 12.6 Å². The van der Waals surface area contributed by atoms with E-state index in [4.69, 9.17) is 20.3 Å². The van der Waals surface area contributed by atoms with E-state index in [2.05, 4.69) is 0 Å². The van der Waals surface area contributed by atoms with Gasteiger partial charge in [-0.2, -0.15) is 0 Å². The van der Waals surface area contributed by atoms with E-state index >= 15 is 0 Å². The van der Waals surface area contributed by atoms with Gasteiger partial charge in [0.25, 0.3) is 0 Å². The molecule has 84 valence electrons. The summed E-state index contributed by atoms with van der Waals surface area (Å²) in [5, 5.41) is 8.52. The van der Waals surface area contributed by atoms with Crippen molar-refractivity contribution in [2.45, 2.75) is 19.9 Å². The Morgan fingerprint density at radius 2 is 2.07 bits per heavy atom. The third-order valence-electron chi connectivity index (χ3n) is 1.42. The molecule has 0 aliphatic carbocycles. The maximum atomic E-state index is 10.9. The molecule has 0 aromatic rings. The first kappa shape index (κ1) is 13.4. The van der Waals surface area contributed by atoms with Crippen LogP contribution >= 0.6 is 0 Å². The van der Waals surface area contributed by atoms with E-state index < -0.39 is 18.6 Å². The molecule has 0 fully saturated rings. The molecule has 0 radical (unpaired) electrons. The number of nitrogens with two attached hydrogens (primary N) is 1. The molecule has 3 N–H and O–H groups in total. The van der Waals surface area contributed by atoms with Crippen LogP contribution in [0.5, 0.6) is 0 Å². The van der Waals surface area contributed by atoms with E-state index in [9.17, 15) is 4.79 Å². The maximum absolute atomic E-state index is 10.9. The van der Waals surface area contributed by atoms with Crippen molar-refractivity contribution < 1.29 is 19.4 Å². The lowest BCUT2D eigenvalue weighted by Crippen LogP contribution is -2.36. The Labute approximate surface area is 84.2 Å². The van der Waals surface area contributed by atoms with Crippen LogP contribution in [0.15, 0.2) is 0 Å². The molecule has 5 heteroatoms. The Bertz CT molecular complexity index is 161. The molecular formula is C9H19NO4. The van der Waals surface area contributed by atoms with Gasteiger partial charge >= 0.3 is 5.97 Å². The highest BCUT2D eigenvalue weighted by atomic mass is 16.6. The first-order valence-corrected chi connectivity index (χ1v) is 4.68. The topological polar surface area (TPSA) is 81.8 Å². The molecule has 0 heterocycles. The van der Waals surface area contributed by atoms with Crippen molar-refractivity contribution in [2.24, 2.45) is 11.7 Å². The normalized spacial score (nSPS) is 12.9. The molecule has 0 saturated heterocycles. The third-order valence-corrected chi connectivity index (χ3v) is 1.42. The van der Waals surface area contributed by atoms with Gasteiger partial charge in [0, 0.05) is 6.61 Å². The fourth-order valence-corrected chi connectivity index (χ4v) is 0.702. The van der Waals surface area contributed by atoms with Crippen molar-refractivity contribution >= 4 is 5.97 Å². The fourth-order valence-electron chi connectivity index (χ4n) is 0.702. The zero-order valence-corrected chi connectivity index (χ0v) is 8.73. The minimum atomic E-state index is -0.944. The van der Waals surface area contributed by atoms with Gasteiger partial charge in [0.15, 0.2) is 0 Å². The summed E-state index contributed by atoms with van der Waals surface area (Å²) in [7, 11) is 0. The Balaban J connectivity index is 3.32. The predicted molar refractivity (Wildman–Crippen MR) is 51.7 cm³/mol. The quantitative estimate of drug-likeness (QED) is 0.433. The molecule has 0 aliphatic rings. The standard InChI is InChI=1S/C9H19NO4/c1-7(2)6-13-3-4-14-9(12)8(10)5-11/h7-8,11H,3-6,10H2,1-2H3/t8-/m1/s1. The van der Waals surface area contributed by atoms with Crippen molar-refractivity contribution in [1.29, 1.82) is 0 Å². The summed E-state index contributed by atoms with van der Waals surface area (Å²) in [6.45, 7) is 4.86. The van der Waals surface area contributed by atoms with Crippen LogP contribution in [0.3, 0.4) is 0 Å². The van der Waals surface area contributed by atoms with Gasteiger partial charge in [-0.15, -0.1) is 0 Å². The molecule has 5 nitrogen and oxygen atoms in total. The number of hydrogen-bond donors (Lipinski definition) is 2. The summed E-state index contributed by atoms with van der Waals surface area (Å²) in [6.07, 6.45) is 0. The summed E-state index contributed by atoms with van der Waals surface area (Å²) in [5.74, 6) is -0.133. The first-order valence-electron chi connectivity index (χ1n) is 4.68. The van der Waals surface area contributed by atoms with Crippen molar-refractivity contribution in [3.8, 4) is 0 Å². The van der Waals surface area contributed by atoms with Crippen molar-refractivity contribution in [3.05, 3.63) is 0 Å². The van der Waals surface area contributed by atoms with Crippen molar-refractivity contribution in [3.63, 3.8) is 0 Å². The van der Waals surface area contributed by atoms with E-state index in [1.54, 1.807) is 0 Å². The van der Waals surface area contributed by atoms with Crippen molar-refractivity contribution in [1.82, 2.24) is 0 Å². The molecule has 0 amide bonds. The number of carbonyl (C=O) groups is 1. The number of esters is 1. The monoisotopic (exact) mass is 205 g/mol. The second-order valence-electron chi connectivity index (χ2n) is 3.43. The smallest absolute Gasteiger partial charge is 0.325 e. The lowest BCUT2D eigenvalue weighted by atomic mass is 10.2. The lowest BCUT2D eigenvalue weighted by Gasteiger charge is -2.09. The summed E-state index contributed by atoms with van der Waals surface area (Å²) in [5.41, 5.74) is 5.21. The second kappa shape index (κ2) is 7.73. The SMILES string of the molecule is CC(C)COCCOC(=O)[C@H](N)CO. The largest absolute Gasteiger partial charge is 0.462 e. The Morgan fingerprint density at radius 1 is 1.43 bits per heavy atom. The fraction of sp³-hybridized carbons (Fsp3) is 0.889. The molecule has 0 aromatic carbocycles. The van der Waals surface area contributed by atoms with E-state index in [1.165, 1.54) is 0 Å². The van der Waals surface area contributed by atoms with Gasteiger partial charge in [-0.25, -0.2) is 0 Å². The van der Waals surface area contributed by atoms with Crippen LogP contribution in [0, 0.1) is 5.92 Å². The molecule has 0 spiro atoms. The molecule has 0 saturated carbocycles. The van der Waals surface area contributed by atoms with Crippen LogP contribution in [0.2, 0.25) is 0 Å². The molecule has 0 aromatic heterocycles. The van der Waals surface area contributed by atoms with Crippen LogP contribution in [0.25, 0.3) is 0 Å². The Kier molecular flexibility index (Phi) is 7.37. The van der Waals surface area contributed by atoms with Crippen LogP contribution in [0.1, 0.15) is 13.8 Å². The van der Waals surface area contributed by atoms with Crippen LogP contribution in [0.4, 0.5) is 0 Å². The number of rotatable bonds is 7. The molecule has 0 unspecified atom stereocenters. The number of ether oxygens (including phenoxy) is 2. The van der Waals surface area contributed by atoms with Gasteiger partial charge in [-0.3, -0.25) is 4.79 Å². The lowest BCUT2D eigenvalue weighted by molar-refractivity contribution is -0.147. The maximum Gasteiger partial charge on any atom is 0.325 e. The first-order chi connectivity index (χ1) is 6.57. The van der Waals surface area contributed by atoms with Gasteiger partial charge in [0.2, 0.25) is 0 Å². The van der Waals surface area contributed by atoms with Crippen LogP contribution < -0.4 is 5.73 Å². The Hall–Kier alpha value is -0.650. The van der Waals surface area contributed by atoms with Gasteiger partial charge < -0.3 is 20.3 Å². The highest BCUT2D eigenvalue weighted by Crippen LogP contribution is 1.92. The second-order valence-corrected chi connectivity index (χ2v) is 3.43. The van der Waals surface area contributed by atoms with Gasteiger partial charge in [-0.1, -0.05) is 13.8 Å². The third kappa shape index (κ3) is 6.82. The molecule has 14 heavy (non-hydrogen) atoms. The summed E-state index contributed by atoms with van der Waals surface area (Å²) in [6, 6.07) is -0.944. The molecule has 1 atom stereocenters. The number of hydrogen-bond acceptors (Lipinski definition) is 5. The van der Waals surface area contributed by atoms with E-state index in [0.29, 0.717) is 19.1 Å². The number of aliphatic hydroxyl groups excluding tert-OH is 1.